The number of benzene rings is 1. The molecule has 4 rings (SSSR count). The summed E-state index contributed by atoms with van der Waals surface area (Å²) in [5.41, 5.74) is 0.681. The molecule has 1 saturated heterocycles. The van der Waals surface area contributed by atoms with Crippen molar-refractivity contribution in [3.8, 4) is 0 Å². The number of thiazole rings is 1. The second-order valence-electron chi connectivity index (χ2n) is 7.24. The largest absolute Gasteiger partial charge is 0.300 e. The number of nitrogens with one attached hydrogen (secondary N) is 1. The average Bonchev–Trinajstić information content (AvgIpc) is 3.22. The first-order valence-electron chi connectivity index (χ1n) is 9.47. The fourth-order valence-electron chi connectivity index (χ4n) is 3.72. The molecule has 1 aromatic carbocycles. The normalized spacial score (nSPS) is 19.8. The zero-order chi connectivity index (χ0) is 19.7. The molecule has 3 heterocycles. The van der Waals surface area contributed by atoms with Gasteiger partial charge >= 0.3 is 0 Å². The highest BCUT2D eigenvalue weighted by atomic mass is 32.1. The Hall–Kier alpha value is -2.58. The van der Waals surface area contributed by atoms with Crippen LogP contribution in [-0.4, -0.2) is 51.6 Å². The number of nitrogens with zero attached hydrogens (tertiary/aromatic N) is 3. The first kappa shape index (κ1) is 18.8. The van der Waals surface area contributed by atoms with Gasteiger partial charge in [-0.25, -0.2) is 4.98 Å². The van der Waals surface area contributed by atoms with Crippen molar-refractivity contribution in [1.29, 1.82) is 0 Å². The minimum Gasteiger partial charge on any atom is -0.300 e. The van der Waals surface area contributed by atoms with E-state index in [4.69, 9.17) is 0 Å². The van der Waals surface area contributed by atoms with Gasteiger partial charge in [0.05, 0.1) is 11.1 Å². The molecule has 0 saturated carbocycles. The van der Waals surface area contributed by atoms with Crippen LogP contribution < -0.4 is 5.32 Å². The summed E-state index contributed by atoms with van der Waals surface area (Å²) >= 11 is 1.43. The lowest BCUT2D eigenvalue weighted by molar-refractivity contribution is -0.116. The lowest BCUT2D eigenvalue weighted by atomic mass is 10.0. The van der Waals surface area contributed by atoms with Crippen LogP contribution in [0.1, 0.15) is 51.8 Å². The highest BCUT2D eigenvalue weighted by Gasteiger charge is 2.36. The number of carbonyl (C=O) groups is 3. The molecule has 3 amide bonds. The number of amides is 3. The first-order valence-corrected chi connectivity index (χ1v) is 10.3. The molecule has 2 aliphatic rings. The third-order valence-electron chi connectivity index (χ3n) is 5.28. The number of rotatable bonds is 5. The average molecular weight is 398 g/mol. The van der Waals surface area contributed by atoms with Gasteiger partial charge in [0.2, 0.25) is 5.91 Å². The molecule has 1 atom stereocenters. The van der Waals surface area contributed by atoms with E-state index in [0.29, 0.717) is 22.3 Å². The Morgan fingerprint density at radius 1 is 1.21 bits per heavy atom. The summed E-state index contributed by atoms with van der Waals surface area (Å²) in [6, 6.07) is 7.16. The Kier molecular flexibility index (Phi) is 5.23. The number of likely N-dealkylation sites (tertiary alicyclic amines) is 1. The Bertz CT molecular complexity index is 891. The Balaban J connectivity index is 1.35. The second-order valence-corrected chi connectivity index (χ2v) is 8.35. The maximum Gasteiger partial charge on any atom is 0.262 e. The quantitative estimate of drug-likeness (QED) is 0.783. The first-order chi connectivity index (χ1) is 13.5. The molecule has 2 aromatic rings. The zero-order valence-electron chi connectivity index (χ0n) is 15.7. The van der Waals surface area contributed by atoms with E-state index in [0.717, 1.165) is 22.9 Å². The van der Waals surface area contributed by atoms with E-state index < -0.39 is 17.7 Å². The molecule has 0 spiro atoms. The maximum absolute atomic E-state index is 12.4. The van der Waals surface area contributed by atoms with E-state index >= 15 is 0 Å². The van der Waals surface area contributed by atoms with Crippen LogP contribution in [0.4, 0.5) is 5.13 Å². The van der Waals surface area contributed by atoms with E-state index in [-0.39, 0.29) is 6.54 Å². The van der Waals surface area contributed by atoms with Gasteiger partial charge in [-0.1, -0.05) is 18.6 Å². The van der Waals surface area contributed by atoms with Crippen LogP contribution in [0.5, 0.6) is 0 Å². The minimum atomic E-state index is -0.435. The fourth-order valence-corrected chi connectivity index (χ4v) is 4.57. The molecule has 146 valence electrons. The molecule has 28 heavy (non-hydrogen) atoms. The van der Waals surface area contributed by atoms with Gasteiger partial charge in [-0.2, -0.15) is 0 Å². The van der Waals surface area contributed by atoms with Crippen molar-refractivity contribution in [2.75, 3.05) is 18.4 Å². The summed E-state index contributed by atoms with van der Waals surface area (Å²) in [6.45, 7) is 3.84. The van der Waals surface area contributed by atoms with E-state index in [1.54, 1.807) is 30.5 Å². The van der Waals surface area contributed by atoms with Crippen molar-refractivity contribution in [2.45, 2.75) is 38.8 Å². The summed E-state index contributed by atoms with van der Waals surface area (Å²) in [5.74, 6) is -1.30. The smallest absolute Gasteiger partial charge is 0.262 e. The summed E-state index contributed by atoms with van der Waals surface area (Å²) in [4.78, 5) is 45.8. The van der Waals surface area contributed by atoms with E-state index in [1.165, 1.54) is 30.6 Å². The number of hydrogen-bond acceptors (Lipinski definition) is 6. The molecule has 8 heteroatoms. The molecular formula is C20H22N4O3S. The van der Waals surface area contributed by atoms with Crippen molar-refractivity contribution < 1.29 is 14.4 Å². The van der Waals surface area contributed by atoms with Gasteiger partial charge in [0, 0.05) is 23.7 Å². The second kappa shape index (κ2) is 7.81. The van der Waals surface area contributed by atoms with E-state index in [2.05, 4.69) is 22.1 Å². The van der Waals surface area contributed by atoms with Crippen molar-refractivity contribution >= 4 is 34.2 Å². The van der Waals surface area contributed by atoms with Gasteiger partial charge in [0.15, 0.2) is 5.13 Å². The zero-order valence-corrected chi connectivity index (χ0v) is 16.5. The van der Waals surface area contributed by atoms with Crippen LogP contribution in [-0.2, 0) is 11.3 Å². The predicted octanol–water partition coefficient (Wildman–Crippen LogP) is 2.75. The van der Waals surface area contributed by atoms with Crippen molar-refractivity contribution in [2.24, 2.45) is 0 Å². The predicted molar refractivity (Wildman–Crippen MR) is 106 cm³/mol. The lowest BCUT2D eigenvalue weighted by Crippen LogP contribution is -2.37. The molecule has 1 aromatic heterocycles. The number of hydrogen-bond donors (Lipinski definition) is 1. The number of fused-ring (bicyclic) bond motifs is 1. The molecule has 0 radical (unpaired) electrons. The lowest BCUT2D eigenvalue weighted by Gasteiger charge is -2.32. The number of imide groups is 1. The number of aromatic nitrogens is 1. The summed E-state index contributed by atoms with van der Waals surface area (Å²) in [5, 5.41) is 3.20. The SMILES string of the molecule is CC1CCCCN1Cc1cnc(NC(=O)CN2C(=O)c3ccccc3C2=O)s1. The standard InChI is InChI=1S/C20H22N4O3S/c1-13-6-4-5-9-23(13)11-14-10-21-20(28-14)22-17(25)12-24-18(26)15-7-2-3-8-16(15)19(24)27/h2-3,7-8,10,13H,4-6,9,11-12H2,1H3,(H,21,22,25). The van der Waals surface area contributed by atoms with E-state index in [9.17, 15) is 14.4 Å². The van der Waals surface area contributed by atoms with Gasteiger partial charge in [-0.15, -0.1) is 11.3 Å². The summed E-state index contributed by atoms with van der Waals surface area (Å²) < 4.78 is 0. The van der Waals surface area contributed by atoms with Crippen LogP contribution >= 0.6 is 11.3 Å². The van der Waals surface area contributed by atoms with Crippen LogP contribution in [0, 0.1) is 0 Å². The molecule has 1 fully saturated rings. The molecule has 2 aliphatic heterocycles. The monoisotopic (exact) mass is 398 g/mol. The minimum absolute atomic E-state index is 0.315. The molecule has 0 bridgehead atoms. The molecular weight excluding hydrogens is 376 g/mol. The van der Waals surface area contributed by atoms with Crippen molar-refractivity contribution in [3.63, 3.8) is 0 Å². The van der Waals surface area contributed by atoms with Crippen LogP contribution in [0.25, 0.3) is 0 Å². The van der Waals surface area contributed by atoms with Crippen LogP contribution in [0.2, 0.25) is 0 Å². The highest BCUT2D eigenvalue weighted by Crippen LogP contribution is 2.25. The third-order valence-corrected chi connectivity index (χ3v) is 6.18. The number of anilines is 1. The Morgan fingerprint density at radius 3 is 2.61 bits per heavy atom. The highest BCUT2D eigenvalue weighted by molar-refractivity contribution is 7.15. The Labute approximate surface area is 167 Å². The molecule has 1 unspecified atom stereocenters. The summed E-state index contributed by atoms with van der Waals surface area (Å²) in [6.07, 6.45) is 5.48. The van der Waals surface area contributed by atoms with Gasteiger partial charge in [0.1, 0.15) is 6.54 Å². The summed E-state index contributed by atoms with van der Waals surface area (Å²) in [7, 11) is 0. The molecule has 1 N–H and O–H groups in total. The van der Waals surface area contributed by atoms with Crippen LogP contribution in [0.3, 0.4) is 0 Å². The molecule has 7 nitrogen and oxygen atoms in total. The topological polar surface area (TPSA) is 82.6 Å². The van der Waals surface area contributed by atoms with Crippen molar-refractivity contribution in [3.05, 3.63) is 46.5 Å². The Morgan fingerprint density at radius 2 is 1.93 bits per heavy atom. The van der Waals surface area contributed by atoms with Gasteiger partial charge in [-0.05, 0) is 38.4 Å². The van der Waals surface area contributed by atoms with Crippen molar-refractivity contribution in [1.82, 2.24) is 14.8 Å². The van der Waals surface area contributed by atoms with Crippen LogP contribution in [0.15, 0.2) is 30.5 Å². The number of piperidine rings is 1. The molecule has 0 aliphatic carbocycles. The fraction of sp³-hybridized carbons (Fsp3) is 0.400. The van der Waals surface area contributed by atoms with Gasteiger partial charge in [0.25, 0.3) is 11.8 Å². The van der Waals surface area contributed by atoms with E-state index in [1.807, 2.05) is 0 Å². The number of carbonyl (C=O) groups excluding carboxylic acids is 3. The maximum atomic E-state index is 12.4. The third kappa shape index (κ3) is 3.70. The van der Waals surface area contributed by atoms with Gasteiger partial charge in [-0.3, -0.25) is 24.2 Å². The van der Waals surface area contributed by atoms with Gasteiger partial charge < -0.3 is 5.32 Å².